The van der Waals surface area contributed by atoms with E-state index in [9.17, 15) is 13.2 Å². The van der Waals surface area contributed by atoms with E-state index < -0.39 is 11.7 Å². The van der Waals surface area contributed by atoms with E-state index in [1.54, 1.807) is 13.1 Å². The molecule has 0 radical (unpaired) electrons. The van der Waals surface area contributed by atoms with Crippen molar-refractivity contribution in [3.8, 4) is 0 Å². The molecule has 1 rings (SSSR count). The Balaban J connectivity index is 2.61. The lowest BCUT2D eigenvalue weighted by Crippen LogP contribution is -2.22. The average Bonchev–Trinajstić information content (AvgIpc) is 2.42. The fourth-order valence-electron chi connectivity index (χ4n) is 1.93. The van der Waals surface area contributed by atoms with Crippen molar-refractivity contribution < 1.29 is 17.9 Å². The average molecular weight is 289 g/mol. The maximum Gasteiger partial charge on any atom is 0.416 e. The van der Waals surface area contributed by atoms with E-state index in [0.29, 0.717) is 18.8 Å². The molecule has 0 amide bonds. The van der Waals surface area contributed by atoms with Gasteiger partial charge >= 0.3 is 6.18 Å². The zero-order chi connectivity index (χ0) is 15.0. The second-order valence-electron chi connectivity index (χ2n) is 4.75. The smallest absolute Gasteiger partial charge is 0.379 e. The van der Waals surface area contributed by atoms with Crippen LogP contribution in [0.15, 0.2) is 24.3 Å². The molecule has 0 aromatic heterocycles. The van der Waals surface area contributed by atoms with E-state index in [4.69, 9.17) is 4.74 Å². The van der Waals surface area contributed by atoms with E-state index in [-0.39, 0.29) is 6.04 Å². The molecule has 1 aromatic rings. The van der Waals surface area contributed by atoms with E-state index in [2.05, 4.69) is 12.2 Å². The molecule has 1 N–H and O–H groups in total. The highest BCUT2D eigenvalue weighted by Crippen LogP contribution is 2.30. The first-order chi connectivity index (χ1) is 9.49. The minimum absolute atomic E-state index is 0.223. The van der Waals surface area contributed by atoms with Crippen molar-refractivity contribution >= 4 is 0 Å². The fourth-order valence-corrected chi connectivity index (χ4v) is 1.93. The molecule has 0 aliphatic rings. The molecule has 0 aliphatic carbocycles. The molecule has 0 heterocycles. The molecule has 0 saturated heterocycles. The summed E-state index contributed by atoms with van der Waals surface area (Å²) in [7, 11) is 1.72. The largest absolute Gasteiger partial charge is 0.416 e. The molecule has 5 heteroatoms. The van der Waals surface area contributed by atoms with E-state index in [0.717, 1.165) is 25.3 Å². The highest BCUT2D eigenvalue weighted by atomic mass is 19.4. The highest BCUT2D eigenvalue weighted by Gasteiger charge is 2.30. The number of ether oxygens (including phenoxy) is 1. The second kappa shape index (κ2) is 8.27. The molecule has 20 heavy (non-hydrogen) atoms. The zero-order valence-electron chi connectivity index (χ0n) is 12.0. The van der Waals surface area contributed by atoms with Gasteiger partial charge in [0.2, 0.25) is 0 Å². The number of alkyl halides is 3. The van der Waals surface area contributed by atoms with Crippen molar-refractivity contribution in [1.29, 1.82) is 0 Å². The third-order valence-corrected chi connectivity index (χ3v) is 3.14. The number of halogens is 3. The molecule has 0 bridgehead atoms. The number of hydrogen-bond donors (Lipinski definition) is 1. The van der Waals surface area contributed by atoms with Crippen molar-refractivity contribution in [2.75, 3.05) is 20.3 Å². The van der Waals surface area contributed by atoms with Gasteiger partial charge in [-0.15, -0.1) is 0 Å². The first-order valence-corrected chi connectivity index (χ1v) is 6.91. The van der Waals surface area contributed by atoms with Crippen LogP contribution in [0, 0.1) is 0 Å². The van der Waals surface area contributed by atoms with Gasteiger partial charge in [-0.2, -0.15) is 13.2 Å². The minimum atomic E-state index is -4.31. The van der Waals surface area contributed by atoms with Gasteiger partial charge < -0.3 is 10.1 Å². The Morgan fingerprint density at radius 1 is 1.25 bits per heavy atom. The lowest BCUT2D eigenvalue weighted by molar-refractivity contribution is -0.137. The van der Waals surface area contributed by atoms with Crippen LogP contribution in [0.5, 0.6) is 0 Å². The molecule has 0 spiro atoms. The molecule has 1 atom stereocenters. The lowest BCUT2D eigenvalue weighted by Gasteiger charge is -2.18. The number of likely N-dealkylation sites (N-methyl/N-ethyl adjacent to an activating group) is 1. The molecular formula is C15H22F3NO. The number of nitrogens with one attached hydrogen (secondary N) is 1. The SMILES string of the molecule is CCCCCOCC(NC)c1cccc(C(F)(F)F)c1. The van der Waals surface area contributed by atoms with E-state index in [1.165, 1.54) is 12.1 Å². The summed E-state index contributed by atoms with van der Waals surface area (Å²) in [4.78, 5) is 0. The Hall–Kier alpha value is -1.07. The maximum absolute atomic E-state index is 12.7. The Morgan fingerprint density at radius 2 is 2.00 bits per heavy atom. The molecule has 1 aromatic carbocycles. The summed E-state index contributed by atoms with van der Waals surface area (Å²) in [6.07, 6.45) is -1.11. The minimum Gasteiger partial charge on any atom is -0.379 e. The Kier molecular flexibility index (Phi) is 7.02. The molecule has 0 fully saturated rings. The fraction of sp³-hybridized carbons (Fsp3) is 0.600. The predicted octanol–water partition coefficient (Wildman–Crippen LogP) is 4.17. The summed E-state index contributed by atoms with van der Waals surface area (Å²) in [5, 5.41) is 3.00. The van der Waals surface area contributed by atoms with Crippen LogP contribution in [0.4, 0.5) is 13.2 Å². The van der Waals surface area contributed by atoms with Gasteiger partial charge in [0.1, 0.15) is 0 Å². The van der Waals surface area contributed by atoms with Gasteiger partial charge in [0.05, 0.1) is 18.2 Å². The van der Waals surface area contributed by atoms with E-state index in [1.807, 2.05) is 0 Å². The topological polar surface area (TPSA) is 21.3 Å². The monoisotopic (exact) mass is 289 g/mol. The summed E-state index contributed by atoms with van der Waals surface area (Å²) >= 11 is 0. The van der Waals surface area contributed by atoms with Crippen LogP contribution in [-0.2, 0) is 10.9 Å². The molecule has 2 nitrogen and oxygen atoms in total. The molecule has 0 aliphatic heterocycles. The van der Waals surface area contributed by atoms with Crippen LogP contribution in [0.1, 0.15) is 43.4 Å². The van der Waals surface area contributed by atoms with Crippen molar-refractivity contribution in [3.63, 3.8) is 0 Å². The molecule has 0 saturated carbocycles. The highest BCUT2D eigenvalue weighted by molar-refractivity contribution is 5.28. The first-order valence-electron chi connectivity index (χ1n) is 6.91. The summed E-state index contributed by atoms with van der Waals surface area (Å²) in [6, 6.07) is 5.15. The quantitative estimate of drug-likeness (QED) is 0.725. The van der Waals surface area contributed by atoms with Crippen molar-refractivity contribution in [1.82, 2.24) is 5.32 Å². The summed E-state index contributed by atoms with van der Waals surface area (Å²) in [5.74, 6) is 0. The van der Waals surface area contributed by atoms with Crippen LogP contribution >= 0.6 is 0 Å². The molecule has 1 unspecified atom stereocenters. The van der Waals surface area contributed by atoms with Gasteiger partial charge in [-0.3, -0.25) is 0 Å². The number of unbranched alkanes of at least 4 members (excludes halogenated alkanes) is 2. The van der Waals surface area contributed by atoms with Crippen LogP contribution in [0.2, 0.25) is 0 Å². The number of benzene rings is 1. The zero-order valence-corrected chi connectivity index (χ0v) is 12.0. The van der Waals surface area contributed by atoms with Gasteiger partial charge in [-0.25, -0.2) is 0 Å². The second-order valence-corrected chi connectivity index (χ2v) is 4.75. The molecule has 114 valence electrons. The molecular weight excluding hydrogens is 267 g/mol. The maximum atomic E-state index is 12.7. The van der Waals surface area contributed by atoms with Gasteiger partial charge in [-0.05, 0) is 31.2 Å². The van der Waals surface area contributed by atoms with Crippen LogP contribution < -0.4 is 5.32 Å². The van der Waals surface area contributed by atoms with Crippen LogP contribution in [0.25, 0.3) is 0 Å². The lowest BCUT2D eigenvalue weighted by atomic mass is 10.0. The van der Waals surface area contributed by atoms with Crippen molar-refractivity contribution in [2.24, 2.45) is 0 Å². The predicted molar refractivity (Wildman–Crippen MR) is 73.6 cm³/mol. The van der Waals surface area contributed by atoms with Gasteiger partial charge in [0, 0.05) is 6.61 Å². The Morgan fingerprint density at radius 3 is 2.60 bits per heavy atom. The first kappa shape index (κ1) is 17.0. The summed E-state index contributed by atoms with van der Waals surface area (Å²) < 4.78 is 43.5. The standard InChI is InChI=1S/C15H22F3NO/c1-3-4-5-9-20-11-14(19-2)12-7-6-8-13(10-12)15(16,17)18/h6-8,10,14,19H,3-5,9,11H2,1-2H3. The van der Waals surface area contributed by atoms with Crippen LogP contribution in [0.3, 0.4) is 0 Å². The van der Waals surface area contributed by atoms with E-state index >= 15 is 0 Å². The third kappa shape index (κ3) is 5.51. The third-order valence-electron chi connectivity index (χ3n) is 3.14. The summed E-state index contributed by atoms with van der Waals surface area (Å²) in [5.41, 5.74) is -0.0287. The van der Waals surface area contributed by atoms with Crippen molar-refractivity contribution in [3.05, 3.63) is 35.4 Å². The van der Waals surface area contributed by atoms with Gasteiger partial charge in [0.15, 0.2) is 0 Å². The Labute approximate surface area is 118 Å². The normalized spacial score (nSPS) is 13.4. The summed E-state index contributed by atoms with van der Waals surface area (Å²) in [6.45, 7) is 3.13. The Bertz CT molecular complexity index is 393. The number of rotatable bonds is 8. The van der Waals surface area contributed by atoms with Gasteiger partial charge in [0.25, 0.3) is 0 Å². The van der Waals surface area contributed by atoms with Crippen LogP contribution in [-0.4, -0.2) is 20.3 Å². The van der Waals surface area contributed by atoms with Gasteiger partial charge in [-0.1, -0.05) is 31.9 Å². The number of hydrogen-bond acceptors (Lipinski definition) is 2. The van der Waals surface area contributed by atoms with Crippen molar-refractivity contribution in [2.45, 2.75) is 38.4 Å².